The van der Waals surface area contributed by atoms with Gasteiger partial charge in [0.25, 0.3) is 11.5 Å². The highest BCUT2D eigenvalue weighted by Gasteiger charge is 2.15. The fourth-order valence-electron chi connectivity index (χ4n) is 2.48. The lowest BCUT2D eigenvalue weighted by molar-refractivity contribution is 0.0949. The van der Waals surface area contributed by atoms with Gasteiger partial charge in [0.1, 0.15) is 0 Å². The van der Waals surface area contributed by atoms with E-state index in [1.54, 1.807) is 43.3 Å². The number of aromatic nitrogens is 2. The van der Waals surface area contributed by atoms with E-state index in [2.05, 4.69) is 15.6 Å². The summed E-state index contributed by atoms with van der Waals surface area (Å²) in [5, 5.41) is 9.09. The number of hydrazone groups is 1. The van der Waals surface area contributed by atoms with Gasteiger partial charge < -0.3 is 5.73 Å². The van der Waals surface area contributed by atoms with Crippen molar-refractivity contribution in [3.63, 3.8) is 0 Å². The van der Waals surface area contributed by atoms with Gasteiger partial charge in [0, 0.05) is 18.1 Å². The molecule has 0 radical (unpaired) electrons. The molecular weight excluding hydrogens is 318 g/mol. The standard InChI is InChI=1S/C18H17N5O2/c1-11(12-6-5-7-13(19)10-12)20-21-17(24)16-14-8-3-4-9-15(14)18(25)23(2)22-16/h3-10H,19H2,1-2H3,(H,21,24)/b20-11+. The summed E-state index contributed by atoms with van der Waals surface area (Å²) >= 11 is 0. The number of fused-ring (bicyclic) bond motifs is 1. The highest BCUT2D eigenvalue weighted by Crippen LogP contribution is 2.13. The minimum absolute atomic E-state index is 0.141. The van der Waals surface area contributed by atoms with Gasteiger partial charge in [0.15, 0.2) is 5.69 Å². The Bertz CT molecular complexity index is 1050. The van der Waals surface area contributed by atoms with Crippen LogP contribution in [-0.4, -0.2) is 21.4 Å². The number of hydrogen-bond acceptors (Lipinski definition) is 5. The van der Waals surface area contributed by atoms with Crippen molar-refractivity contribution in [2.45, 2.75) is 6.92 Å². The summed E-state index contributed by atoms with van der Waals surface area (Å²) < 4.78 is 1.14. The van der Waals surface area contributed by atoms with Crippen LogP contribution in [0.3, 0.4) is 0 Å². The van der Waals surface area contributed by atoms with Crippen LogP contribution in [0.5, 0.6) is 0 Å². The fraction of sp³-hybridized carbons (Fsp3) is 0.111. The second-order valence-corrected chi connectivity index (χ2v) is 5.59. The lowest BCUT2D eigenvalue weighted by Crippen LogP contribution is -2.27. The Morgan fingerprint density at radius 2 is 1.88 bits per heavy atom. The Morgan fingerprint density at radius 3 is 2.60 bits per heavy atom. The number of rotatable bonds is 3. The summed E-state index contributed by atoms with van der Waals surface area (Å²) in [5.41, 5.74) is 10.1. The number of carbonyl (C=O) groups excluding carboxylic acids is 1. The van der Waals surface area contributed by atoms with Gasteiger partial charge in [-0.3, -0.25) is 9.59 Å². The number of amides is 1. The van der Waals surface area contributed by atoms with Crippen molar-refractivity contribution in [3.05, 3.63) is 70.1 Å². The average molecular weight is 335 g/mol. The highest BCUT2D eigenvalue weighted by molar-refractivity contribution is 6.06. The van der Waals surface area contributed by atoms with Crippen molar-refractivity contribution in [1.82, 2.24) is 15.2 Å². The first-order valence-electron chi connectivity index (χ1n) is 7.64. The Balaban J connectivity index is 1.94. The maximum absolute atomic E-state index is 12.5. The van der Waals surface area contributed by atoms with Crippen LogP contribution in [0.4, 0.5) is 5.69 Å². The molecule has 0 saturated carbocycles. The van der Waals surface area contributed by atoms with Gasteiger partial charge in [-0.05, 0) is 30.7 Å². The smallest absolute Gasteiger partial charge is 0.292 e. The summed E-state index contributed by atoms with van der Waals surface area (Å²) in [4.78, 5) is 24.6. The van der Waals surface area contributed by atoms with E-state index in [0.29, 0.717) is 22.2 Å². The molecule has 0 fully saturated rings. The van der Waals surface area contributed by atoms with Gasteiger partial charge in [0.2, 0.25) is 0 Å². The molecule has 0 aliphatic rings. The van der Waals surface area contributed by atoms with E-state index in [4.69, 9.17) is 5.73 Å². The molecule has 1 heterocycles. The number of nitrogens with zero attached hydrogens (tertiary/aromatic N) is 3. The van der Waals surface area contributed by atoms with E-state index in [-0.39, 0.29) is 11.3 Å². The SMILES string of the molecule is C/C(=N\NC(=O)c1nn(C)c(=O)c2ccccc12)c1cccc(N)c1. The van der Waals surface area contributed by atoms with Crippen LogP contribution in [0.2, 0.25) is 0 Å². The zero-order valence-electron chi connectivity index (χ0n) is 13.9. The minimum Gasteiger partial charge on any atom is -0.399 e. The van der Waals surface area contributed by atoms with Gasteiger partial charge in [0.05, 0.1) is 11.1 Å². The number of anilines is 1. The van der Waals surface area contributed by atoms with E-state index in [9.17, 15) is 9.59 Å². The lowest BCUT2D eigenvalue weighted by Gasteiger charge is -2.07. The summed E-state index contributed by atoms with van der Waals surface area (Å²) in [6.45, 7) is 1.77. The monoisotopic (exact) mass is 335 g/mol. The van der Waals surface area contributed by atoms with Crippen LogP contribution in [0.1, 0.15) is 23.0 Å². The minimum atomic E-state index is -0.491. The van der Waals surface area contributed by atoms with Crippen LogP contribution in [-0.2, 0) is 7.05 Å². The Kier molecular flexibility index (Phi) is 4.30. The first kappa shape index (κ1) is 16.4. The molecule has 7 nitrogen and oxygen atoms in total. The van der Waals surface area contributed by atoms with Crippen molar-refractivity contribution >= 4 is 28.1 Å². The summed E-state index contributed by atoms with van der Waals surface area (Å²) in [6.07, 6.45) is 0. The topological polar surface area (TPSA) is 102 Å². The zero-order chi connectivity index (χ0) is 18.0. The third-order valence-corrected chi connectivity index (χ3v) is 3.80. The van der Waals surface area contributed by atoms with Crippen molar-refractivity contribution in [3.8, 4) is 0 Å². The van der Waals surface area contributed by atoms with Crippen molar-refractivity contribution in [1.29, 1.82) is 0 Å². The zero-order valence-corrected chi connectivity index (χ0v) is 13.9. The number of nitrogen functional groups attached to an aromatic ring is 1. The predicted molar refractivity (Wildman–Crippen MR) is 97.5 cm³/mol. The van der Waals surface area contributed by atoms with E-state index in [1.165, 1.54) is 7.05 Å². The van der Waals surface area contributed by atoms with Gasteiger partial charge in [-0.1, -0.05) is 30.3 Å². The molecule has 0 unspecified atom stereocenters. The maximum atomic E-state index is 12.5. The molecular formula is C18H17N5O2. The predicted octanol–water partition coefficient (Wildman–Crippen LogP) is 1.67. The van der Waals surface area contributed by atoms with Gasteiger partial charge in [-0.15, -0.1) is 0 Å². The first-order valence-corrected chi connectivity index (χ1v) is 7.64. The van der Waals surface area contributed by atoms with E-state index < -0.39 is 5.91 Å². The summed E-state index contributed by atoms with van der Waals surface area (Å²) in [7, 11) is 1.51. The molecule has 0 atom stereocenters. The third kappa shape index (κ3) is 3.25. The molecule has 0 saturated heterocycles. The summed E-state index contributed by atoms with van der Waals surface area (Å²) in [5.74, 6) is -0.491. The van der Waals surface area contributed by atoms with Gasteiger partial charge >= 0.3 is 0 Å². The van der Waals surface area contributed by atoms with Crippen molar-refractivity contribution in [2.75, 3.05) is 5.73 Å². The second-order valence-electron chi connectivity index (χ2n) is 5.59. The Labute approximate surface area is 143 Å². The normalized spacial score (nSPS) is 11.5. The van der Waals surface area contributed by atoms with Crippen LogP contribution < -0.4 is 16.7 Å². The molecule has 0 spiro atoms. The molecule has 25 heavy (non-hydrogen) atoms. The molecule has 3 aromatic rings. The van der Waals surface area contributed by atoms with Crippen molar-refractivity contribution < 1.29 is 4.79 Å². The summed E-state index contributed by atoms with van der Waals surface area (Å²) in [6, 6.07) is 14.1. The molecule has 0 bridgehead atoms. The number of aryl methyl sites for hydroxylation is 1. The molecule has 1 aromatic heterocycles. The van der Waals surface area contributed by atoms with Gasteiger partial charge in [-0.25, -0.2) is 10.1 Å². The van der Waals surface area contributed by atoms with Crippen molar-refractivity contribution in [2.24, 2.45) is 12.1 Å². The number of nitrogens with two attached hydrogens (primary N) is 1. The quantitative estimate of drug-likeness (QED) is 0.432. The Hall–Kier alpha value is -3.48. The van der Waals surface area contributed by atoms with Crippen LogP contribution >= 0.6 is 0 Å². The van der Waals surface area contributed by atoms with E-state index >= 15 is 0 Å². The number of benzene rings is 2. The molecule has 1 amide bonds. The van der Waals surface area contributed by atoms with Crippen LogP contribution in [0, 0.1) is 0 Å². The molecule has 7 heteroatoms. The molecule has 2 aromatic carbocycles. The average Bonchev–Trinajstić information content (AvgIpc) is 2.62. The van der Waals surface area contributed by atoms with Crippen LogP contribution in [0.15, 0.2) is 58.4 Å². The molecule has 3 rings (SSSR count). The van der Waals surface area contributed by atoms with E-state index in [0.717, 1.165) is 10.2 Å². The molecule has 0 aliphatic heterocycles. The second kappa shape index (κ2) is 6.56. The first-order chi connectivity index (χ1) is 12.0. The Morgan fingerprint density at radius 1 is 1.16 bits per heavy atom. The third-order valence-electron chi connectivity index (χ3n) is 3.80. The molecule has 126 valence electrons. The van der Waals surface area contributed by atoms with E-state index in [1.807, 2.05) is 12.1 Å². The van der Waals surface area contributed by atoms with Gasteiger partial charge in [-0.2, -0.15) is 10.2 Å². The number of hydrogen-bond donors (Lipinski definition) is 2. The fourth-order valence-corrected chi connectivity index (χ4v) is 2.48. The van der Waals surface area contributed by atoms with Crippen LogP contribution in [0.25, 0.3) is 10.8 Å². The maximum Gasteiger partial charge on any atom is 0.292 e. The lowest BCUT2D eigenvalue weighted by atomic mass is 10.1. The highest BCUT2D eigenvalue weighted by atomic mass is 16.2. The molecule has 0 aliphatic carbocycles. The number of nitrogens with one attached hydrogen (secondary N) is 1. The molecule has 3 N–H and O–H groups in total. The number of carbonyl (C=O) groups is 1. The largest absolute Gasteiger partial charge is 0.399 e.